The zero-order chi connectivity index (χ0) is 11.5. The lowest BCUT2D eigenvalue weighted by atomic mass is 10.1. The average molecular weight is 242 g/mol. The number of rotatable bonds is 4. The second kappa shape index (κ2) is 5.19. The molecular formula is C12H20ClN3. The fourth-order valence-corrected chi connectivity index (χ4v) is 2.61. The normalized spacial score (nSPS) is 22.1. The Balaban J connectivity index is 1.92. The topological polar surface area (TPSA) is 21.1 Å². The van der Waals surface area contributed by atoms with Gasteiger partial charge in [0.2, 0.25) is 0 Å². The second-order valence-electron chi connectivity index (χ2n) is 4.91. The average Bonchev–Trinajstić information content (AvgIpc) is 2.87. The van der Waals surface area contributed by atoms with Gasteiger partial charge >= 0.3 is 0 Å². The van der Waals surface area contributed by atoms with E-state index in [4.69, 9.17) is 11.6 Å². The molecule has 0 bridgehead atoms. The highest BCUT2D eigenvalue weighted by atomic mass is 35.5. The van der Waals surface area contributed by atoms with Crippen LogP contribution in [-0.4, -0.2) is 33.6 Å². The van der Waals surface area contributed by atoms with E-state index in [0.29, 0.717) is 11.9 Å². The van der Waals surface area contributed by atoms with E-state index >= 15 is 0 Å². The maximum absolute atomic E-state index is 5.87. The van der Waals surface area contributed by atoms with Gasteiger partial charge in [0, 0.05) is 25.3 Å². The summed E-state index contributed by atoms with van der Waals surface area (Å²) in [5.41, 5.74) is 1.13. The molecule has 1 atom stereocenters. The van der Waals surface area contributed by atoms with Gasteiger partial charge in [-0.15, -0.1) is 11.6 Å². The van der Waals surface area contributed by atoms with Crippen molar-refractivity contribution in [1.82, 2.24) is 14.5 Å². The van der Waals surface area contributed by atoms with Gasteiger partial charge in [-0.1, -0.05) is 0 Å². The lowest BCUT2D eigenvalue weighted by Gasteiger charge is -2.20. The van der Waals surface area contributed by atoms with Crippen LogP contribution in [0.4, 0.5) is 0 Å². The zero-order valence-corrected chi connectivity index (χ0v) is 10.8. The molecule has 2 heterocycles. The van der Waals surface area contributed by atoms with Crippen LogP contribution in [0.25, 0.3) is 0 Å². The highest BCUT2D eigenvalue weighted by Gasteiger charge is 2.24. The molecule has 1 aliphatic rings. The first kappa shape index (κ1) is 11.9. The summed E-state index contributed by atoms with van der Waals surface area (Å²) < 4.78 is 2.20. The Morgan fingerprint density at radius 2 is 2.38 bits per heavy atom. The minimum absolute atomic E-state index is 0.556. The molecule has 1 fully saturated rings. The fourth-order valence-electron chi connectivity index (χ4n) is 2.38. The van der Waals surface area contributed by atoms with Crippen LogP contribution in [0.15, 0.2) is 12.5 Å². The van der Waals surface area contributed by atoms with Crippen molar-refractivity contribution in [3.05, 3.63) is 18.2 Å². The molecule has 1 aromatic heterocycles. The van der Waals surface area contributed by atoms with Crippen molar-refractivity contribution < 1.29 is 0 Å². The van der Waals surface area contributed by atoms with Crippen LogP contribution >= 0.6 is 11.6 Å². The number of hydrogen-bond acceptors (Lipinski definition) is 2. The summed E-state index contributed by atoms with van der Waals surface area (Å²) in [7, 11) is 0. The molecule has 90 valence electrons. The molecule has 0 aromatic carbocycles. The van der Waals surface area contributed by atoms with Gasteiger partial charge in [0.05, 0.1) is 17.9 Å². The Labute approximate surface area is 102 Å². The molecule has 16 heavy (non-hydrogen) atoms. The van der Waals surface area contributed by atoms with Gasteiger partial charge < -0.3 is 9.47 Å². The molecular weight excluding hydrogens is 222 g/mol. The minimum Gasteiger partial charge on any atom is -0.333 e. The van der Waals surface area contributed by atoms with Crippen LogP contribution < -0.4 is 0 Å². The first-order valence-corrected chi connectivity index (χ1v) is 6.53. The molecule has 0 saturated carbocycles. The molecule has 4 heteroatoms. The van der Waals surface area contributed by atoms with Crippen LogP contribution in [0, 0.1) is 5.92 Å². The molecule has 0 radical (unpaired) electrons. The first-order chi connectivity index (χ1) is 7.70. The number of halogens is 1. The Hall–Kier alpha value is -0.540. The van der Waals surface area contributed by atoms with Gasteiger partial charge in [-0.2, -0.15) is 0 Å². The van der Waals surface area contributed by atoms with Gasteiger partial charge in [-0.05, 0) is 32.7 Å². The van der Waals surface area contributed by atoms with E-state index in [2.05, 4.69) is 28.3 Å². The largest absolute Gasteiger partial charge is 0.333 e. The van der Waals surface area contributed by atoms with Gasteiger partial charge in [0.25, 0.3) is 0 Å². The minimum atomic E-state index is 0.556. The third-order valence-electron chi connectivity index (χ3n) is 3.44. The first-order valence-electron chi connectivity index (χ1n) is 5.99. The van der Waals surface area contributed by atoms with Gasteiger partial charge in [0.1, 0.15) is 0 Å². The van der Waals surface area contributed by atoms with Crippen LogP contribution in [-0.2, 0) is 12.4 Å². The van der Waals surface area contributed by atoms with E-state index in [1.54, 1.807) is 0 Å². The molecule has 3 nitrogen and oxygen atoms in total. The quantitative estimate of drug-likeness (QED) is 0.755. The highest BCUT2D eigenvalue weighted by Crippen LogP contribution is 2.21. The Morgan fingerprint density at radius 1 is 1.56 bits per heavy atom. The summed E-state index contributed by atoms with van der Waals surface area (Å²) in [6.07, 6.45) is 5.05. The van der Waals surface area contributed by atoms with Crippen molar-refractivity contribution in [3.8, 4) is 0 Å². The molecule has 1 unspecified atom stereocenters. The molecule has 0 N–H and O–H groups in total. The SMILES string of the molecule is CC(C)N1CCC(Cn2cncc2CCl)C1. The van der Waals surface area contributed by atoms with E-state index in [0.717, 1.165) is 18.2 Å². The number of alkyl halides is 1. The van der Waals surface area contributed by atoms with Crippen molar-refractivity contribution in [2.45, 2.75) is 38.7 Å². The van der Waals surface area contributed by atoms with Crippen molar-refractivity contribution in [1.29, 1.82) is 0 Å². The summed E-state index contributed by atoms with van der Waals surface area (Å²) >= 11 is 5.87. The summed E-state index contributed by atoms with van der Waals surface area (Å²) in [5.74, 6) is 1.30. The lowest BCUT2D eigenvalue weighted by molar-refractivity contribution is 0.260. The summed E-state index contributed by atoms with van der Waals surface area (Å²) in [5, 5.41) is 0. The summed E-state index contributed by atoms with van der Waals surface area (Å²) in [4.78, 5) is 6.70. The molecule has 0 spiro atoms. The Morgan fingerprint density at radius 3 is 3.00 bits per heavy atom. The third kappa shape index (κ3) is 2.58. The Bertz CT molecular complexity index is 335. The van der Waals surface area contributed by atoms with Crippen molar-refractivity contribution in [2.24, 2.45) is 5.92 Å². The van der Waals surface area contributed by atoms with Crippen LogP contribution in [0.5, 0.6) is 0 Å². The summed E-state index contributed by atoms with van der Waals surface area (Å²) in [6.45, 7) is 8.03. The molecule has 0 aliphatic carbocycles. The van der Waals surface area contributed by atoms with E-state index in [-0.39, 0.29) is 0 Å². The Kier molecular flexibility index (Phi) is 3.87. The molecule has 1 aromatic rings. The van der Waals surface area contributed by atoms with Crippen molar-refractivity contribution >= 4 is 11.6 Å². The smallest absolute Gasteiger partial charge is 0.0948 e. The second-order valence-corrected chi connectivity index (χ2v) is 5.18. The predicted molar refractivity (Wildman–Crippen MR) is 66.6 cm³/mol. The molecule has 0 amide bonds. The number of nitrogens with zero attached hydrogens (tertiary/aromatic N) is 3. The zero-order valence-electron chi connectivity index (χ0n) is 10.1. The van der Waals surface area contributed by atoms with Crippen LogP contribution in [0.2, 0.25) is 0 Å². The predicted octanol–water partition coefficient (Wildman–Crippen LogP) is 2.35. The number of hydrogen-bond donors (Lipinski definition) is 0. The molecule has 1 saturated heterocycles. The summed E-state index contributed by atoms with van der Waals surface area (Å²) in [6, 6.07) is 0.667. The molecule has 2 rings (SSSR count). The number of likely N-dealkylation sites (tertiary alicyclic amines) is 1. The lowest BCUT2D eigenvalue weighted by Crippen LogP contribution is -2.28. The molecule has 1 aliphatic heterocycles. The van der Waals surface area contributed by atoms with Crippen molar-refractivity contribution in [2.75, 3.05) is 13.1 Å². The van der Waals surface area contributed by atoms with Gasteiger partial charge in [-0.3, -0.25) is 0 Å². The number of imidazole rings is 1. The van der Waals surface area contributed by atoms with E-state index in [1.807, 2.05) is 12.5 Å². The number of aromatic nitrogens is 2. The maximum Gasteiger partial charge on any atom is 0.0948 e. The monoisotopic (exact) mass is 241 g/mol. The third-order valence-corrected chi connectivity index (χ3v) is 3.71. The standard InChI is InChI=1S/C12H20ClN3/c1-10(2)15-4-3-11(7-15)8-16-9-14-6-12(16)5-13/h6,9-11H,3-5,7-8H2,1-2H3. The maximum atomic E-state index is 5.87. The van der Waals surface area contributed by atoms with Crippen LogP contribution in [0.3, 0.4) is 0 Å². The van der Waals surface area contributed by atoms with Crippen molar-refractivity contribution in [3.63, 3.8) is 0 Å². The van der Waals surface area contributed by atoms with Crippen LogP contribution in [0.1, 0.15) is 26.0 Å². The van der Waals surface area contributed by atoms with E-state index < -0.39 is 0 Å². The van der Waals surface area contributed by atoms with Gasteiger partial charge in [0.15, 0.2) is 0 Å². The van der Waals surface area contributed by atoms with E-state index in [1.165, 1.54) is 19.5 Å². The highest BCUT2D eigenvalue weighted by molar-refractivity contribution is 6.16. The van der Waals surface area contributed by atoms with Gasteiger partial charge in [-0.25, -0.2) is 4.98 Å². The fraction of sp³-hybridized carbons (Fsp3) is 0.750. The van der Waals surface area contributed by atoms with E-state index in [9.17, 15) is 0 Å².